The number of urea groups is 1. The maximum absolute atomic E-state index is 13.8. The van der Waals surface area contributed by atoms with E-state index >= 15 is 0 Å². The second kappa shape index (κ2) is 6.99. The molecule has 2 amide bonds. The SMILES string of the molecule is CC(c1ccccc1Cl)N(C)C(=O)Nc1cccc(Cl)c1F. The largest absolute Gasteiger partial charge is 0.322 e. The van der Waals surface area contributed by atoms with Crippen molar-refractivity contribution in [3.63, 3.8) is 0 Å². The number of hydrogen-bond acceptors (Lipinski definition) is 1. The molecule has 0 bridgehead atoms. The van der Waals surface area contributed by atoms with Crippen molar-refractivity contribution >= 4 is 34.9 Å². The van der Waals surface area contributed by atoms with E-state index in [-0.39, 0.29) is 16.8 Å². The number of amides is 2. The number of hydrogen-bond donors (Lipinski definition) is 1. The minimum absolute atomic E-state index is 0.0377. The summed E-state index contributed by atoms with van der Waals surface area (Å²) in [5.74, 6) is -0.656. The van der Waals surface area contributed by atoms with Crippen LogP contribution in [0, 0.1) is 5.82 Å². The highest BCUT2D eigenvalue weighted by molar-refractivity contribution is 6.31. The minimum atomic E-state index is -0.656. The number of nitrogens with one attached hydrogen (secondary N) is 1. The molecule has 0 saturated carbocycles. The molecule has 22 heavy (non-hydrogen) atoms. The molecular formula is C16H15Cl2FN2O. The van der Waals surface area contributed by atoms with Crippen molar-refractivity contribution in [3.05, 3.63) is 63.9 Å². The minimum Gasteiger partial charge on any atom is -0.321 e. The van der Waals surface area contributed by atoms with Crippen LogP contribution in [0.2, 0.25) is 10.0 Å². The Labute approximate surface area is 138 Å². The highest BCUT2D eigenvalue weighted by Crippen LogP contribution is 2.27. The van der Waals surface area contributed by atoms with Crippen LogP contribution >= 0.6 is 23.2 Å². The van der Waals surface area contributed by atoms with Crippen LogP contribution in [-0.2, 0) is 0 Å². The summed E-state index contributed by atoms with van der Waals surface area (Å²) in [7, 11) is 1.62. The van der Waals surface area contributed by atoms with Crippen molar-refractivity contribution in [1.82, 2.24) is 4.90 Å². The fourth-order valence-corrected chi connectivity index (χ4v) is 2.47. The van der Waals surface area contributed by atoms with Crippen molar-refractivity contribution in [3.8, 4) is 0 Å². The standard InChI is InChI=1S/C16H15Cl2FN2O/c1-10(11-6-3-4-7-12(11)17)21(2)16(22)20-14-9-5-8-13(18)15(14)19/h3-10H,1-2H3,(H,20,22). The summed E-state index contributed by atoms with van der Waals surface area (Å²) in [6.45, 7) is 1.84. The molecule has 0 fully saturated rings. The average Bonchev–Trinajstić information content (AvgIpc) is 2.51. The Balaban J connectivity index is 2.15. The molecular weight excluding hydrogens is 326 g/mol. The van der Waals surface area contributed by atoms with Gasteiger partial charge in [0, 0.05) is 12.1 Å². The van der Waals surface area contributed by atoms with Gasteiger partial charge in [-0.1, -0.05) is 47.5 Å². The molecule has 0 spiro atoms. The van der Waals surface area contributed by atoms with Gasteiger partial charge in [0.05, 0.1) is 16.8 Å². The lowest BCUT2D eigenvalue weighted by Crippen LogP contribution is -2.34. The third-order valence-corrected chi connectivity index (χ3v) is 4.09. The van der Waals surface area contributed by atoms with Gasteiger partial charge in [0.1, 0.15) is 0 Å². The second-order valence-corrected chi connectivity index (χ2v) is 5.65. The molecule has 1 N–H and O–H groups in total. The zero-order valence-corrected chi connectivity index (χ0v) is 13.6. The number of benzene rings is 2. The molecule has 2 rings (SSSR count). The van der Waals surface area contributed by atoms with Crippen LogP contribution in [0.1, 0.15) is 18.5 Å². The zero-order chi connectivity index (χ0) is 16.3. The summed E-state index contributed by atoms with van der Waals surface area (Å²) >= 11 is 11.8. The highest BCUT2D eigenvalue weighted by Gasteiger charge is 2.20. The first kappa shape index (κ1) is 16.6. The van der Waals surface area contributed by atoms with Gasteiger partial charge in [-0.2, -0.15) is 0 Å². The van der Waals surface area contributed by atoms with Crippen molar-refractivity contribution in [2.75, 3.05) is 12.4 Å². The van der Waals surface area contributed by atoms with Gasteiger partial charge in [-0.05, 0) is 30.7 Å². The van der Waals surface area contributed by atoms with Gasteiger partial charge >= 0.3 is 6.03 Å². The van der Waals surface area contributed by atoms with Crippen LogP contribution in [-0.4, -0.2) is 18.0 Å². The maximum atomic E-state index is 13.8. The lowest BCUT2D eigenvalue weighted by molar-refractivity contribution is 0.208. The number of anilines is 1. The van der Waals surface area contributed by atoms with E-state index < -0.39 is 11.8 Å². The van der Waals surface area contributed by atoms with Crippen molar-refractivity contribution in [2.45, 2.75) is 13.0 Å². The first-order valence-corrected chi connectivity index (χ1v) is 7.39. The second-order valence-electron chi connectivity index (χ2n) is 4.84. The summed E-state index contributed by atoms with van der Waals surface area (Å²) in [6, 6.07) is 11.0. The Bertz CT molecular complexity index is 694. The van der Waals surface area contributed by atoms with Crippen LogP contribution in [0.25, 0.3) is 0 Å². The average molecular weight is 341 g/mol. The van der Waals surface area contributed by atoms with Crippen LogP contribution in [0.5, 0.6) is 0 Å². The molecule has 0 aliphatic rings. The quantitative estimate of drug-likeness (QED) is 0.801. The Kier molecular flexibility index (Phi) is 5.27. The topological polar surface area (TPSA) is 32.3 Å². The van der Waals surface area contributed by atoms with E-state index in [1.54, 1.807) is 19.2 Å². The summed E-state index contributed by atoms with van der Waals surface area (Å²) in [6.07, 6.45) is 0. The van der Waals surface area contributed by atoms with Gasteiger partial charge in [-0.25, -0.2) is 9.18 Å². The molecule has 116 valence electrons. The zero-order valence-electron chi connectivity index (χ0n) is 12.1. The van der Waals surface area contributed by atoms with E-state index in [4.69, 9.17) is 23.2 Å². The lowest BCUT2D eigenvalue weighted by Gasteiger charge is -2.26. The van der Waals surface area contributed by atoms with E-state index in [1.165, 1.54) is 17.0 Å². The molecule has 6 heteroatoms. The highest BCUT2D eigenvalue weighted by atomic mass is 35.5. The number of carbonyl (C=O) groups is 1. The molecule has 0 aliphatic carbocycles. The number of rotatable bonds is 3. The van der Waals surface area contributed by atoms with Crippen LogP contribution in [0.15, 0.2) is 42.5 Å². The van der Waals surface area contributed by atoms with Crippen LogP contribution in [0.4, 0.5) is 14.9 Å². The molecule has 0 heterocycles. The van der Waals surface area contributed by atoms with E-state index in [9.17, 15) is 9.18 Å². The van der Waals surface area contributed by atoms with Gasteiger partial charge in [0.25, 0.3) is 0 Å². The Morgan fingerprint density at radius 2 is 1.77 bits per heavy atom. The molecule has 1 unspecified atom stereocenters. The summed E-state index contributed by atoms with van der Waals surface area (Å²) in [5, 5.41) is 3.04. The van der Waals surface area contributed by atoms with E-state index in [1.807, 2.05) is 25.1 Å². The van der Waals surface area contributed by atoms with Gasteiger partial charge < -0.3 is 10.2 Å². The fourth-order valence-electron chi connectivity index (χ4n) is 2.00. The third-order valence-electron chi connectivity index (χ3n) is 3.45. The predicted molar refractivity (Wildman–Crippen MR) is 88.1 cm³/mol. The monoisotopic (exact) mass is 340 g/mol. The van der Waals surface area contributed by atoms with E-state index in [2.05, 4.69) is 5.32 Å². The molecule has 3 nitrogen and oxygen atoms in total. The Morgan fingerprint density at radius 3 is 2.45 bits per heavy atom. The van der Waals surface area contributed by atoms with Crippen molar-refractivity contribution in [2.24, 2.45) is 0 Å². The molecule has 0 saturated heterocycles. The predicted octanol–water partition coefficient (Wildman–Crippen LogP) is 5.36. The number of nitrogens with zero attached hydrogens (tertiary/aromatic N) is 1. The molecule has 0 aromatic heterocycles. The normalized spacial score (nSPS) is 11.9. The smallest absolute Gasteiger partial charge is 0.321 e. The van der Waals surface area contributed by atoms with Crippen molar-refractivity contribution < 1.29 is 9.18 Å². The molecule has 0 aliphatic heterocycles. The molecule has 0 radical (unpaired) electrons. The summed E-state index contributed by atoms with van der Waals surface area (Å²) in [5.41, 5.74) is 0.851. The Hall–Kier alpha value is -1.78. The van der Waals surface area contributed by atoms with Gasteiger partial charge in [-0.15, -0.1) is 0 Å². The molecule has 2 aromatic rings. The lowest BCUT2D eigenvalue weighted by atomic mass is 10.1. The number of carbonyl (C=O) groups excluding carboxylic acids is 1. The maximum Gasteiger partial charge on any atom is 0.322 e. The third kappa shape index (κ3) is 3.51. The first-order valence-electron chi connectivity index (χ1n) is 6.64. The van der Waals surface area contributed by atoms with Gasteiger partial charge in [0.15, 0.2) is 5.82 Å². The summed E-state index contributed by atoms with van der Waals surface area (Å²) < 4.78 is 13.8. The summed E-state index contributed by atoms with van der Waals surface area (Å²) in [4.78, 5) is 13.7. The van der Waals surface area contributed by atoms with Gasteiger partial charge in [0.2, 0.25) is 0 Å². The Morgan fingerprint density at radius 1 is 1.14 bits per heavy atom. The molecule has 2 aromatic carbocycles. The first-order chi connectivity index (χ1) is 10.4. The van der Waals surface area contributed by atoms with Gasteiger partial charge in [-0.3, -0.25) is 0 Å². The van der Waals surface area contributed by atoms with E-state index in [0.29, 0.717) is 5.02 Å². The molecule has 1 atom stereocenters. The van der Waals surface area contributed by atoms with Crippen LogP contribution < -0.4 is 5.32 Å². The van der Waals surface area contributed by atoms with Crippen molar-refractivity contribution in [1.29, 1.82) is 0 Å². The van der Waals surface area contributed by atoms with Crippen LogP contribution in [0.3, 0.4) is 0 Å². The fraction of sp³-hybridized carbons (Fsp3) is 0.188. The van der Waals surface area contributed by atoms with E-state index in [0.717, 1.165) is 5.56 Å². The number of halogens is 3.